The molecule has 9 heteroatoms. The number of benzene rings is 1. The number of hydrogen-bond acceptors (Lipinski definition) is 7. The topological polar surface area (TPSA) is 88.1 Å². The molecule has 32 heavy (non-hydrogen) atoms. The molecule has 0 saturated carbocycles. The molecular weight excluding hydrogens is 465 g/mol. The van der Waals surface area contributed by atoms with Crippen LogP contribution in [0.25, 0.3) is 0 Å². The van der Waals surface area contributed by atoms with Crippen molar-refractivity contribution in [1.29, 1.82) is 5.41 Å². The molecule has 0 aliphatic carbocycles. The third kappa shape index (κ3) is 4.95. The van der Waals surface area contributed by atoms with E-state index in [1.807, 2.05) is 30.8 Å². The molecule has 1 atom stereocenters. The second kappa shape index (κ2) is 9.98. The molecule has 0 amide bonds. The minimum atomic E-state index is -0.410. The van der Waals surface area contributed by atoms with Crippen LogP contribution in [0.2, 0.25) is 10.0 Å². The average Bonchev–Trinajstić information content (AvgIpc) is 2.80. The van der Waals surface area contributed by atoms with Crippen molar-refractivity contribution >= 4 is 52.2 Å². The van der Waals surface area contributed by atoms with Gasteiger partial charge >= 0.3 is 0 Å². The zero-order chi connectivity index (χ0) is 22.7. The van der Waals surface area contributed by atoms with E-state index in [2.05, 4.69) is 14.9 Å². The third-order valence-electron chi connectivity index (χ3n) is 5.28. The van der Waals surface area contributed by atoms with E-state index in [4.69, 9.17) is 39.1 Å². The average molecular weight is 488 g/mol. The number of nitrogen functional groups attached to an aromatic ring is 1. The van der Waals surface area contributed by atoms with Gasteiger partial charge in [-0.2, -0.15) is 11.8 Å². The Kier molecular flexibility index (Phi) is 7.08. The van der Waals surface area contributed by atoms with E-state index in [9.17, 15) is 0 Å². The standard InChI is InChI=1S/C23H23Cl2N5OS/c1-14(22-18(24)12-28-13-19(22)25)31-16-3-4-20(26)17(10-16)23(27)15-2-5-21(29-11-15)30-6-8-32-9-7-30/h2-5,10-14,27H,6-9,26H2,1H3/t14-/m1/s1. The second-order valence-corrected chi connectivity index (χ2v) is 9.44. The van der Waals surface area contributed by atoms with Crippen LogP contribution < -0.4 is 15.4 Å². The Morgan fingerprint density at radius 1 is 1.12 bits per heavy atom. The number of nitrogens with zero attached hydrogens (tertiary/aromatic N) is 3. The Hall–Kier alpha value is -2.48. The van der Waals surface area contributed by atoms with Crippen LogP contribution in [-0.2, 0) is 0 Å². The summed E-state index contributed by atoms with van der Waals surface area (Å²) in [6.45, 7) is 3.84. The van der Waals surface area contributed by atoms with Crippen molar-refractivity contribution in [1.82, 2.24) is 9.97 Å². The van der Waals surface area contributed by atoms with Gasteiger partial charge in [0.2, 0.25) is 0 Å². The quantitative estimate of drug-likeness (QED) is 0.353. The van der Waals surface area contributed by atoms with E-state index in [0.29, 0.717) is 38.2 Å². The van der Waals surface area contributed by atoms with Gasteiger partial charge in [-0.25, -0.2) is 4.98 Å². The molecule has 0 radical (unpaired) electrons. The molecule has 4 rings (SSSR count). The summed E-state index contributed by atoms with van der Waals surface area (Å²) in [5.74, 6) is 3.71. The van der Waals surface area contributed by atoms with Crippen LogP contribution in [0.15, 0.2) is 48.9 Å². The zero-order valence-corrected chi connectivity index (χ0v) is 19.8. The molecule has 1 aliphatic heterocycles. The molecule has 6 nitrogen and oxygen atoms in total. The molecule has 166 valence electrons. The number of pyridine rings is 2. The maximum Gasteiger partial charge on any atom is 0.128 e. The van der Waals surface area contributed by atoms with Gasteiger partial charge in [0.05, 0.1) is 15.8 Å². The highest BCUT2D eigenvalue weighted by Crippen LogP contribution is 2.33. The summed E-state index contributed by atoms with van der Waals surface area (Å²) in [6.07, 6.45) is 4.39. The zero-order valence-electron chi connectivity index (χ0n) is 17.5. The highest BCUT2D eigenvalue weighted by Gasteiger charge is 2.18. The molecule has 1 aromatic carbocycles. The maximum atomic E-state index is 8.69. The monoisotopic (exact) mass is 487 g/mol. The lowest BCUT2D eigenvalue weighted by atomic mass is 10.0. The van der Waals surface area contributed by atoms with Crippen molar-refractivity contribution in [3.63, 3.8) is 0 Å². The Morgan fingerprint density at radius 3 is 2.50 bits per heavy atom. The largest absolute Gasteiger partial charge is 0.486 e. The Bertz CT molecular complexity index is 1100. The summed E-state index contributed by atoms with van der Waals surface area (Å²) in [7, 11) is 0. The van der Waals surface area contributed by atoms with Crippen LogP contribution in [0.5, 0.6) is 5.75 Å². The summed E-state index contributed by atoms with van der Waals surface area (Å²) in [6, 6.07) is 9.13. The van der Waals surface area contributed by atoms with Gasteiger partial charge < -0.3 is 15.4 Å². The molecule has 1 aliphatic rings. The summed E-state index contributed by atoms with van der Waals surface area (Å²) in [5.41, 5.74) is 8.89. The third-order valence-corrected chi connectivity index (χ3v) is 6.82. The summed E-state index contributed by atoms with van der Waals surface area (Å²) in [5, 5.41) is 9.57. The summed E-state index contributed by atoms with van der Waals surface area (Å²) >= 11 is 14.5. The van der Waals surface area contributed by atoms with Gasteiger partial charge in [-0.3, -0.25) is 10.4 Å². The van der Waals surface area contributed by atoms with Crippen molar-refractivity contribution < 1.29 is 4.74 Å². The van der Waals surface area contributed by atoms with Crippen molar-refractivity contribution in [3.8, 4) is 5.75 Å². The molecule has 3 aromatic rings. The van der Waals surface area contributed by atoms with Crippen LogP contribution in [-0.4, -0.2) is 40.3 Å². The van der Waals surface area contributed by atoms with Crippen LogP contribution in [0.4, 0.5) is 11.5 Å². The van der Waals surface area contributed by atoms with Gasteiger partial charge in [-0.05, 0) is 37.3 Å². The molecule has 1 saturated heterocycles. The number of nitrogens with one attached hydrogen (secondary N) is 1. The SMILES string of the molecule is C[C@@H](Oc1ccc(N)c(C(=N)c2ccc(N3CCSCC3)nc2)c1)c1c(Cl)cncc1Cl. The van der Waals surface area contributed by atoms with Gasteiger partial charge in [0.1, 0.15) is 17.7 Å². The number of halogens is 2. The highest BCUT2D eigenvalue weighted by molar-refractivity contribution is 7.99. The molecule has 0 unspecified atom stereocenters. The van der Waals surface area contributed by atoms with E-state index in [1.54, 1.807) is 24.4 Å². The highest BCUT2D eigenvalue weighted by atomic mass is 35.5. The normalized spacial score (nSPS) is 14.8. The van der Waals surface area contributed by atoms with Gasteiger partial charge in [0, 0.05) is 65.6 Å². The fourth-order valence-electron chi connectivity index (χ4n) is 3.57. The van der Waals surface area contributed by atoms with Crippen molar-refractivity contribution in [3.05, 3.63) is 75.7 Å². The molecule has 1 fully saturated rings. The Labute approximate surface area is 201 Å². The first-order valence-electron chi connectivity index (χ1n) is 10.2. The number of hydrogen-bond donors (Lipinski definition) is 2. The maximum absolute atomic E-state index is 8.69. The van der Waals surface area contributed by atoms with Crippen molar-refractivity contribution in [2.45, 2.75) is 13.0 Å². The Morgan fingerprint density at radius 2 is 1.84 bits per heavy atom. The van der Waals surface area contributed by atoms with Gasteiger partial charge in [-0.1, -0.05) is 23.2 Å². The number of rotatable bonds is 6. The minimum Gasteiger partial charge on any atom is -0.486 e. The lowest BCUT2D eigenvalue weighted by Gasteiger charge is -2.27. The lowest BCUT2D eigenvalue weighted by Crippen LogP contribution is -2.33. The van der Waals surface area contributed by atoms with Gasteiger partial charge in [-0.15, -0.1) is 0 Å². The number of anilines is 2. The molecule has 0 bridgehead atoms. The number of aromatic nitrogens is 2. The lowest BCUT2D eigenvalue weighted by molar-refractivity contribution is 0.227. The van der Waals surface area contributed by atoms with Crippen LogP contribution in [0.3, 0.4) is 0 Å². The second-order valence-electron chi connectivity index (χ2n) is 7.41. The van der Waals surface area contributed by atoms with Gasteiger partial charge in [0.15, 0.2) is 0 Å². The van der Waals surface area contributed by atoms with E-state index < -0.39 is 6.10 Å². The molecule has 3 N–H and O–H groups in total. The minimum absolute atomic E-state index is 0.286. The Balaban J connectivity index is 1.54. The van der Waals surface area contributed by atoms with Crippen LogP contribution in [0.1, 0.15) is 29.7 Å². The smallest absolute Gasteiger partial charge is 0.128 e. The van der Waals surface area contributed by atoms with E-state index in [1.165, 1.54) is 12.4 Å². The van der Waals surface area contributed by atoms with E-state index in [-0.39, 0.29) is 5.71 Å². The van der Waals surface area contributed by atoms with E-state index >= 15 is 0 Å². The first kappa shape index (κ1) is 22.7. The number of thioether (sulfide) groups is 1. The number of ether oxygens (including phenoxy) is 1. The summed E-state index contributed by atoms with van der Waals surface area (Å²) < 4.78 is 6.07. The molecule has 3 heterocycles. The number of nitrogens with two attached hydrogens (primary N) is 1. The fraction of sp³-hybridized carbons (Fsp3) is 0.261. The molecule has 0 spiro atoms. The molecule has 2 aromatic heterocycles. The molecular formula is C23H23Cl2N5OS. The fourth-order valence-corrected chi connectivity index (χ4v) is 5.14. The first-order chi connectivity index (χ1) is 15.4. The predicted molar refractivity (Wildman–Crippen MR) is 134 cm³/mol. The first-order valence-corrected chi connectivity index (χ1v) is 12.1. The van der Waals surface area contributed by atoms with Crippen molar-refractivity contribution in [2.75, 3.05) is 35.2 Å². The van der Waals surface area contributed by atoms with Gasteiger partial charge in [0.25, 0.3) is 0 Å². The summed E-state index contributed by atoms with van der Waals surface area (Å²) in [4.78, 5) is 10.8. The van der Waals surface area contributed by atoms with E-state index in [0.717, 1.165) is 30.4 Å². The predicted octanol–water partition coefficient (Wildman–Crippen LogP) is 5.47. The van der Waals surface area contributed by atoms with Crippen LogP contribution in [0, 0.1) is 5.41 Å². The van der Waals surface area contributed by atoms with Crippen LogP contribution >= 0.6 is 35.0 Å². The van der Waals surface area contributed by atoms with Crippen molar-refractivity contribution in [2.24, 2.45) is 0 Å².